The van der Waals surface area contributed by atoms with Gasteiger partial charge in [0.2, 0.25) is 15.8 Å². The number of halogens is 1. The molecule has 0 radical (unpaired) electrons. The van der Waals surface area contributed by atoms with Gasteiger partial charge in [0.1, 0.15) is 11.5 Å². The van der Waals surface area contributed by atoms with E-state index in [2.05, 4.69) is 9.72 Å². The molecule has 1 heterocycles. The van der Waals surface area contributed by atoms with E-state index < -0.39 is 21.8 Å². The summed E-state index contributed by atoms with van der Waals surface area (Å²) in [6.07, 6.45) is 0. The normalized spacial score (nSPS) is 11.3. The van der Waals surface area contributed by atoms with Gasteiger partial charge in [-0.3, -0.25) is 0 Å². The molecule has 0 saturated carbocycles. The van der Waals surface area contributed by atoms with Gasteiger partial charge in [0, 0.05) is 12.6 Å². The second-order valence-corrected chi connectivity index (χ2v) is 6.83. The van der Waals surface area contributed by atoms with Gasteiger partial charge in [-0.2, -0.15) is 4.98 Å². The minimum absolute atomic E-state index is 0.0741. The maximum atomic E-state index is 13.0. The van der Waals surface area contributed by atoms with Crippen molar-refractivity contribution in [3.63, 3.8) is 0 Å². The Labute approximate surface area is 132 Å². The third kappa shape index (κ3) is 3.34. The topological polar surface area (TPSA) is 89.7 Å². The van der Waals surface area contributed by atoms with Crippen LogP contribution in [0.5, 0.6) is 0 Å². The number of oxazole rings is 1. The Hall–Kier alpha value is -2.42. The molecule has 1 aromatic heterocycles. The molecule has 23 heavy (non-hydrogen) atoms. The highest BCUT2D eigenvalue weighted by Crippen LogP contribution is 2.29. The Morgan fingerprint density at radius 2 is 1.96 bits per heavy atom. The van der Waals surface area contributed by atoms with Gasteiger partial charge in [-0.25, -0.2) is 21.9 Å². The lowest BCUT2D eigenvalue weighted by Crippen LogP contribution is -2.28. The number of rotatable bonds is 5. The molecule has 124 valence electrons. The molecule has 0 bridgehead atoms. The summed E-state index contributed by atoms with van der Waals surface area (Å²) in [4.78, 5) is 15.9. The summed E-state index contributed by atoms with van der Waals surface area (Å²) in [5.74, 6) is -1.69. The zero-order chi connectivity index (χ0) is 17.2. The van der Waals surface area contributed by atoms with E-state index >= 15 is 0 Å². The van der Waals surface area contributed by atoms with Gasteiger partial charge in [-0.05, 0) is 31.2 Å². The number of nitrogens with zero attached hydrogens (tertiary/aromatic N) is 2. The molecule has 9 heteroatoms. The summed E-state index contributed by atoms with van der Waals surface area (Å²) in [5.41, 5.74) is 0.467. The summed E-state index contributed by atoms with van der Waals surface area (Å²) in [6, 6.07) is 4.91. The molecule has 0 spiro atoms. The second-order valence-electron chi connectivity index (χ2n) is 4.54. The zero-order valence-electron chi connectivity index (χ0n) is 12.7. The fraction of sp³-hybridized carbons (Fsp3) is 0.286. The lowest BCUT2D eigenvalue weighted by atomic mass is 10.1. The number of carbonyl (C=O) groups is 1. The maximum absolute atomic E-state index is 13.0. The van der Waals surface area contributed by atoms with Crippen molar-refractivity contribution in [3.05, 3.63) is 35.8 Å². The Morgan fingerprint density at radius 1 is 1.35 bits per heavy atom. The summed E-state index contributed by atoms with van der Waals surface area (Å²) in [6.45, 7) is 1.47. The highest BCUT2D eigenvalue weighted by atomic mass is 32.2. The third-order valence-corrected chi connectivity index (χ3v) is 4.88. The zero-order valence-corrected chi connectivity index (χ0v) is 13.6. The second kappa shape index (κ2) is 6.37. The maximum Gasteiger partial charge on any atom is 0.376 e. The van der Waals surface area contributed by atoms with Crippen molar-refractivity contribution in [2.24, 2.45) is 0 Å². The monoisotopic (exact) mass is 342 g/mol. The summed E-state index contributed by atoms with van der Waals surface area (Å²) in [7, 11) is -1.19. The van der Waals surface area contributed by atoms with Crippen LogP contribution in [0.4, 0.5) is 10.4 Å². The Morgan fingerprint density at radius 3 is 2.48 bits per heavy atom. The molecule has 7 nitrogen and oxygen atoms in total. The standard InChI is InChI=1S/C14H15FN2O5S/c1-4-23(19,20)17(2)14-16-11(12(22-14)13(18)21-3)9-5-7-10(15)8-6-9/h5-8H,4H2,1-3H3. The summed E-state index contributed by atoms with van der Waals surface area (Å²) in [5, 5.41) is 0. The molecule has 0 unspecified atom stereocenters. The van der Waals surface area contributed by atoms with Crippen LogP contribution in [0.25, 0.3) is 11.3 Å². The number of sulfonamides is 1. The van der Waals surface area contributed by atoms with Crippen molar-refractivity contribution in [2.45, 2.75) is 6.92 Å². The molecule has 1 aromatic carbocycles. The van der Waals surface area contributed by atoms with Crippen LogP contribution in [-0.4, -0.2) is 39.3 Å². The molecule has 0 aliphatic rings. The first kappa shape index (κ1) is 16.9. The first-order chi connectivity index (χ1) is 10.8. The van der Waals surface area contributed by atoms with Crippen LogP contribution < -0.4 is 4.31 Å². The quantitative estimate of drug-likeness (QED) is 0.773. The van der Waals surface area contributed by atoms with E-state index in [1.165, 1.54) is 38.2 Å². The number of aromatic nitrogens is 1. The van der Waals surface area contributed by atoms with E-state index in [4.69, 9.17) is 4.42 Å². The lowest BCUT2D eigenvalue weighted by Gasteiger charge is -2.12. The molecule has 2 aromatic rings. The van der Waals surface area contributed by atoms with Crippen LogP contribution in [0.3, 0.4) is 0 Å². The number of hydrogen-bond donors (Lipinski definition) is 0. The first-order valence-corrected chi connectivity index (χ1v) is 8.22. The van der Waals surface area contributed by atoms with Gasteiger partial charge in [0.25, 0.3) is 0 Å². The van der Waals surface area contributed by atoms with Crippen LogP contribution >= 0.6 is 0 Å². The number of ether oxygens (including phenoxy) is 1. The number of esters is 1. The minimum atomic E-state index is -3.61. The van der Waals surface area contributed by atoms with E-state index in [9.17, 15) is 17.6 Å². The van der Waals surface area contributed by atoms with Crippen LogP contribution in [0, 0.1) is 5.82 Å². The molecule has 0 fully saturated rings. The average Bonchev–Trinajstić information content (AvgIpc) is 2.99. The molecule has 0 atom stereocenters. The molecule has 0 N–H and O–H groups in total. The highest BCUT2D eigenvalue weighted by Gasteiger charge is 2.27. The van der Waals surface area contributed by atoms with Crippen LogP contribution in [0.2, 0.25) is 0 Å². The van der Waals surface area contributed by atoms with Crippen LogP contribution in [0.15, 0.2) is 28.7 Å². The smallest absolute Gasteiger partial charge is 0.376 e. The largest absolute Gasteiger partial charge is 0.463 e. The van der Waals surface area contributed by atoms with Gasteiger partial charge >= 0.3 is 12.0 Å². The van der Waals surface area contributed by atoms with Crippen LogP contribution in [0.1, 0.15) is 17.5 Å². The van der Waals surface area contributed by atoms with Gasteiger partial charge < -0.3 is 9.15 Å². The number of anilines is 1. The van der Waals surface area contributed by atoms with E-state index in [0.29, 0.717) is 5.56 Å². The molecule has 0 saturated heterocycles. The van der Waals surface area contributed by atoms with Crippen molar-refractivity contribution in [2.75, 3.05) is 24.2 Å². The first-order valence-electron chi connectivity index (χ1n) is 6.61. The predicted molar refractivity (Wildman–Crippen MR) is 81.1 cm³/mol. The number of methoxy groups -OCH3 is 1. The van der Waals surface area contributed by atoms with Crippen molar-refractivity contribution in [3.8, 4) is 11.3 Å². The Balaban J connectivity index is 2.57. The third-order valence-electron chi connectivity index (χ3n) is 3.16. The number of benzene rings is 1. The van der Waals surface area contributed by atoms with Crippen molar-refractivity contribution in [1.29, 1.82) is 0 Å². The van der Waals surface area contributed by atoms with Gasteiger partial charge in [-0.1, -0.05) is 0 Å². The fourth-order valence-electron chi connectivity index (χ4n) is 1.79. The number of carbonyl (C=O) groups excluding carboxylic acids is 1. The predicted octanol–water partition coefficient (Wildman–Crippen LogP) is 2.05. The summed E-state index contributed by atoms with van der Waals surface area (Å²) >= 11 is 0. The molecule has 0 aliphatic heterocycles. The summed E-state index contributed by atoms with van der Waals surface area (Å²) < 4.78 is 47.6. The van der Waals surface area contributed by atoms with Gasteiger partial charge in [-0.15, -0.1) is 0 Å². The van der Waals surface area contributed by atoms with Crippen molar-refractivity contribution >= 4 is 22.0 Å². The average molecular weight is 342 g/mol. The number of hydrogen-bond acceptors (Lipinski definition) is 6. The Bertz CT molecular complexity index is 814. The highest BCUT2D eigenvalue weighted by molar-refractivity contribution is 7.92. The van der Waals surface area contributed by atoms with E-state index in [1.54, 1.807) is 0 Å². The minimum Gasteiger partial charge on any atom is -0.463 e. The van der Waals surface area contributed by atoms with Crippen molar-refractivity contribution in [1.82, 2.24) is 4.98 Å². The lowest BCUT2D eigenvalue weighted by molar-refractivity contribution is 0.0567. The molecule has 2 rings (SSSR count). The fourth-order valence-corrected chi connectivity index (χ4v) is 2.49. The Kier molecular flexibility index (Phi) is 4.69. The van der Waals surface area contributed by atoms with E-state index in [1.807, 2.05) is 0 Å². The van der Waals surface area contributed by atoms with Gasteiger partial charge in [0.15, 0.2) is 0 Å². The van der Waals surface area contributed by atoms with E-state index in [-0.39, 0.29) is 23.2 Å². The molecule has 0 aliphatic carbocycles. The molecular weight excluding hydrogens is 327 g/mol. The van der Waals surface area contributed by atoms with Gasteiger partial charge in [0.05, 0.1) is 12.9 Å². The van der Waals surface area contributed by atoms with Crippen molar-refractivity contribution < 1.29 is 26.8 Å². The molecular formula is C14H15FN2O5S. The van der Waals surface area contributed by atoms with Crippen LogP contribution in [-0.2, 0) is 14.8 Å². The SMILES string of the molecule is CCS(=O)(=O)N(C)c1nc(-c2ccc(F)cc2)c(C(=O)OC)o1. The molecule has 0 amide bonds. The van der Waals surface area contributed by atoms with E-state index in [0.717, 1.165) is 11.4 Å².